The van der Waals surface area contributed by atoms with Gasteiger partial charge in [-0.1, -0.05) is 6.92 Å². The van der Waals surface area contributed by atoms with E-state index >= 15 is 0 Å². The van der Waals surface area contributed by atoms with E-state index in [-0.39, 0.29) is 5.75 Å². The lowest BCUT2D eigenvalue weighted by atomic mass is 9.90. The first-order valence-electron chi connectivity index (χ1n) is 6.38. The molecule has 0 saturated carbocycles. The smallest absolute Gasteiger partial charge is 0.210 e. The highest BCUT2D eigenvalue weighted by Gasteiger charge is 2.22. The van der Waals surface area contributed by atoms with Gasteiger partial charge in [-0.2, -0.15) is 0 Å². The molecule has 1 rings (SSSR count). The molecule has 0 spiro atoms. The number of nitrogens with one attached hydrogen (secondary N) is 1. The summed E-state index contributed by atoms with van der Waals surface area (Å²) >= 11 is 0. The standard InChI is InChI=1S/C11H25N3O2S/c1-3-14-7-4-11(5-8-14)10(2)13-6-9-17(12,15)16/h10-11,13H,3-9H2,1-2H3,(H2,12,15,16). The highest BCUT2D eigenvalue weighted by Crippen LogP contribution is 2.20. The van der Waals surface area contributed by atoms with Gasteiger partial charge in [-0.3, -0.25) is 0 Å². The van der Waals surface area contributed by atoms with Crippen LogP contribution in [-0.4, -0.2) is 51.3 Å². The van der Waals surface area contributed by atoms with Gasteiger partial charge in [0.2, 0.25) is 10.0 Å². The summed E-state index contributed by atoms with van der Waals surface area (Å²) in [5.74, 6) is 0.670. The van der Waals surface area contributed by atoms with Crippen molar-refractivity contribution in [2.45, 2.75) is 32.7 Å². The summed E-state index contributed by atoms with van der Waals surface area (Å²) in [7, 11) is -3.33. The fourth-order valence-corrected chi connectivity index (χ4v) is 2.77. The van der Waals surface area contributed by atoms with Gasteiger partial charge < -0.3 is 10.2 Å². The zero-order valence-corrected chi connectivity index (χ0v) is 11.7. The molecule has 17 heavy (non-hydrogen) atoms. The van der Waals surface area contributed by atoms with E-state index < -0.39 is 10.0 Å². The van der Waals surface area contributed by atoms with Crippen LogP contribution in [0.15, 0.2) is 0 Å². The Morgan fingerprint density at radius 1 is 1.41 bits per heavy atom. The van der Waals surface area contributed by atoms with Gasteiger partial charge in [0.15, 0.2) is 0 Å². The first-order valence-corrected chi connectivity index (χ1v) is 8.10. The van der Waals surface area contributed by atoms with E-state index in [0.717, 1.165) is 19.6 Å². The van der Waals surface area contributed by atoms with Gasteiger partial charge in [-0.15, -0.1) is 0 Å². The number of nitrogens with two attached hydrogens (primary N) is 1. The summed E-state index contributed by atoms with van der Waals surface area (Å²) in [6.07, 6.45) is 2.38. The van der Waals surface area contributed by atoms with E-state index in [9.17, 15) is 8.42 Å². The molecule has 0 bridgehead atoms. The number of rotatable bonds is 6. The Labute approximate surface area is 105 Å². The van der Waals surface area contributed by atoms with E-state index in [1.54, 1.807) is 0 Å². The predicted molar refractivity (Wildman–Crippen MR) is 70.3 cm³/mol. The van der Waals surface area contributed by atoms with Crippen molar-refractivity contribution in [1.82, 2.24) is 10.2 Å². The average Bonchev–Trinajstić information content (AvgIpc) is 2.27. The molecule has 1 heterocycles. The van der Waals surface area contributed by atoms with Gasteiger partial charge in [-0.25, -0.2) is 13.6 Å². The Bertz CT molecular complexity index is 311. The molecule has 0 aromatic carbocycles. The molecule has 5 nitrogen and oxygen atoms in total. The van der Waals surface area contributed by atoms with Gasteiger partial charge in [0, 0.05) is 12.6 Å². The third-order valence-electron chi connectivity index (χ3n) is 3.64. The van der Waals surface area contributed by atoms with Gasteiger partial charge in [0.25, 0.3) is 0 Å². The van der Waals surface area contributed by atoms with Crippen LogP contribution in [-0.2, 0) is 10.0 Å². The molecule has 1 aliphatic heterocycles. The molecule has 0 amide bonds. The second-order valence-corrected chi connectivity index (χ2v) is 6.62. The van der Waals surface area contributed by atoms with Crippen LogP contribution in [0.3, 0.4) is 0 Å². The molecule has 1 unspecified atom stereocenters. The van der Waals surface area contributed by atoms with E-state index in [1.807, 2.05) is 0 Å². The first kappa shape index (κ1) is 14.9. The van der Waals surface area contributed by atoms with Crippen LogP contribution >= 0.6 is 0 Å². The van der Waals surface area contributed by atoms with E-state index in [0.29, 0.717) is 18.5 Å². The Morgan fingerprint density at radius 3 is 2.47 bits per heavy atom. The van der Waals surface area contributed by atoms with E-state index in [4.69, 9.17) is 5.14 Å². The van der Waals surface area contributed by atoms with Crippen molar-refractivity contribution in [1.29, 1.82) is 0 Å². The molecule has 1 atom stereocenters. The minimum atomic E-state index is -3.33. The molecule has 0 aliphatic carbocycles. The minimum absolute atomic E-state index is 0.0190. The maximum absolute atomic E-state index is 10.8. The largest absolute Gasteiger partial charge is 0.313 e. The van der Waals surface area contributed by atoms with Crippen LogP contribution in [0.25, 0.3) is 0 Å². The molecule has 0 radical (unpaired) electrons. The van der Waals surface area contributed by atoms with E-state index in [2.05, 4.69) is 24.1 Å². The summed E-state index contributed by atoms with van der Waals surface area (Å²) in [6, 6.07) is 0.371. The quantitative estimate of drug-likeness (QED) is 0.706. The zero-order chi connectivity index (χ0) is 12.9. The fourth-order valence-electron chi connectivity index (χ4n) is 2.36. The van der Waals surface area contributed by atoms with Crippen LogP contribution in [0.5, 0.6) is 0 Å². The Balaban J connectivity index is 2.22. The monoisotopic (exact) mass is 263 g/mol. The normalized spacial score (nSPS) is 21.6. The van der Waals surface area contributed by atoms with Crippen molar-refractivity contribution < 1.29 is 8.42 Å². The van der Waals surface area contributed by atoms with Crippen LogP contribution < -0.4 is 10.5 Å². The third-order valence-corrected chi connectivity index (χ3v) is 4.41. The molecular weight excluding hydrogens is 238 g/mol. The van der Waals surface area contributed by atoms with E-state index in [1.165, 1.54) is 12.8 Å². The lowest BCUT2D eigenvalue weighted by Gasteiger charge is -2.34. The van der Waals surface area contributed by atoms with Gasteiger partial charge in [0.05, 0.1) is 5.75 Å². The molecule has 0 aromatic rings. The van der Waals surface area contributed by atoms with Gasteiger partial charge in [-0.05, 0) is 45.3 Å². The number of likely N-dealkylation sites (tertiary alicyclic amines) is 1. The molecule has 102 valence electrons. The van der Waals surface area contributed by atoms with Gasteiger partial charge >= 0.3 is 0 Å². The van der Waals surface area contributed by atoms with Crippen molar-refractivity contribution in [2.75, 3.05) is 31.9 Å². The van der Waals surface area contributed by atoms with Crippen LogP contribution in [0.4, 0.5) is 0 Å². The molecule has 6 heteroatoms. The number of piperidine rings is 1. The Hall–Kier alpha value is -0.170. The molecule has 0 aromatic heterocycles. The van der Waals surface area contributed by atoms with Gasteiger partial charge in [0.1, 0.15) is 0 Å². The Kier molecular flexibility index (Phi) is 5.85. The first-order chi connectivity index (χ1) is 7.92. The average molecular weight is 263 g/mol. The molecule has 1 aliphatic rings. The number of primary sulfonamides is 1. The Morgan fingerprint density at radius 2 is 2.00 bits per heavy atom. The highest BCUT2D eigenvalue weighted by atomic mass is 32.2. The second-order valence-electron chi connectivity index (χ2n) is 4.88. The lowest BCUT2D eigenvalue weighted by molar-refractivity contribution is 0.170. The van der Waals surface area contributed by atoms with Crippen molar-refractivity contribution in [3.05, 3.63) is 0 Å². The SMILES string of the molecule is CCN1CCC(C(C)NCCS(N)(=O)=O)CC1. The summed E-state index contributed by atoms with van der Waals surface area (Å²) in [4.78, 5) is 2.45. The van der Waals surface area contributed by atoms with Crippen molar-refractivity contribution in [3.8, 4) is 0 Å². The zero-order valence-electron chi connectivity index (χ0n) is 10.9. The van der Waals surface area contributed by atoms with Crippen molar-refractivity contribution >= 4 is 10.0 Å². The van der Waals surface area contributed by atoms with Crippen molar-refractivity contribution in [2.24, 2.45) is 11.1 Å². The molecule has 1 fully saturated rings. The third kappa shape index (κ3) is 5.81. The van der Waals surface area contributed by atoms with Crippen LogP contribution in [0.2, 0.25) is 0 Å². The minimum Gasteiger partial charge on any atom is -0.313 e. The van der Waals surface area contributed by atoms with Crippen molar-refractivity contribution in [3.63, 3.8) is 0 Å². The summed E-state index contributed by atoms with van der Waals surface area (Å²) in [6.45, 7) is 8.21. The van der Waals surface area contributed by atoms with Crippen LogP contribution in [0, 0.1) is 5.92 Å². The summed E-state index contributed by atoms with van der Waals surface area (Å²) in [5, 5.41) is 8.23. The number of hydrogen-bond donors (Lipinski definition) is 2. The highest BCUT2D eigenvalue weighted by molar-refractivity contribution is 7.89. The molecule has 1 saturated heterocycles. The summed E-state index contributed by atoms with van der Waals surface area (Å²) < 4.78 is 21.6. The number of nitrogens with zero attached hydrogens (tertiary/aromatic N) is 1. The topological polar surface area (TPSA) is 75.4 Å². The second kappa shape index (κ2) is 6.68. The van der Waals surface area contributed by atoms with Crippen LogP contribution in [0.1, 0.15) is 26.7 Å². The molecular formula is C11H25N3O2S. The number of hydrogen-bond acceptors (Lipinski definition) is 4. The lowest BCUT2D eigenvalue weighted by Crippen LogP contribution is -2.43. The maximum Gasteiger partial charge on any atom is 0.210 e. The fraction of sp³-hybridized carbons (Fsp3) is 1.00. The maximum atomic E-state index is 10.8. The molecule has 3 N–H and O–H groups in total. The predicted octanol–water partition coefficient (Wildman–Crippen LogP) is -0.0151. The summed E-state index contributed by atoms with van der Waals surface area (Å²) in [5.41, 5.74) is 0. The number of sulfonamides is 1.